The minimum absolute atomic E-state index is 0.0402. The van der Waals surface area contributed by atoms with Gasteiger partial charge in [-0.2, -0.15) is 5.10 Å². The maximum atomic E-state index is 11.9. The van der Waals surface area contributed by atoms with Crippen molar-refractivity contribution in [1.82, 2.24) is 14.8 Å². The second kappa shape index (κ2) is 6.52. The Morgan fingerprint density at radius 3 is 2.85 bits per heavy atom. The molecule has 106 valence electrons. The molecular weight excluding hydrogens is 276 g/mol. The van der Waals surface area contributed by atoms with Crippen molar-refractivity contribution in [2.45, 2.75) is 13.8 Å². The van der Waals surface area contributed by atoms with Gasteiger partial charge in [0.1, 0.15) is 5.88 Å². The number of carbonyl (C=O) groups excluding carboxylic acids is 1. The highest BCUT2D eigenvalue weighted by Gasteiger charge is 2.18. The first-order valence-electron chi connectivity index (χ1n) is 6.44. The summed E-state index contributed by atoms with van der Waals surface area (Å²) in [4.78, 5) is 17.8. The molecule has 0 N–H and O–H groups in total. The van der Waals surface area contributed by atoms with Crippen LogP contribution in [0.15, 0.2) is 36.8 Å². The lowest BCUT2D eigenvalue weighted by molar-refractivity contribution is -0.116. The summed E-state index contributed by atoms with van der Waals surface area (Å²) in [7, 11) is 0. The Labute approximate surface area is 123 Å². The van der Waals surface area contributed by atoms with E-state index in [-0.39, 0.29) is 11.8 Å². The van der Waals surface area contributed by atoms with E-state index >= 15 is 0 Å². The number of amides is 1. The highest BCUT2D eigenvalue weighted by atomic mass is 35.5. The molecule has 0 radical (unpaired) electrons. The van der Waals surface area contributed by atoms with Crippen molar-refractivity contribution < 1.29 is 4.79 Å². The maximum absolute atomic E-state index is 11.9. The maximum Gasteiger partial charge on any atom is 0.242 e. The molecule has 0 bridgehead atoms. The van der Waals surface area contributed by atoms with Gasteiger partial charge in [0.05, 0.1) is 18.1 Å². The van der Waals surface area contributed by atoms with E-state index in [9.17, 15) is 4.79 Å². The number of carbonyl (C=O) groups is 1. The van der Waals surface area contributed by atoms with E-state index in [1.165, 1.54) is 0 Å². The van der Waals surface area contributed by atoms with Gasteiger partial charge >= 0.3 is 0 Å². The molecule has 0 atom stereocenters. The molecule has 0 fully saturated rings. The van der Waals surface area contributed by atoms with Gasteiger partial charge in [0, 0.05) is 12.7 Å². The Morgan fingerprint density at radius 2 is 2.25 bits per heavy atom. The summed E-state index contributed by atoms with van der Waals surface area (Å²) in [6.07, 6.45) is 5.14. The molecule has 0 aliphatic carbocycles. The third-order valence-corrected chi connectivity index (χ3v) is 2.96. The number of halogens is 1. The lowest BCUT2D eigenvalue weighted by Crippen LogP contribution is -2.34. The normalized spacial score (nSPS) is 10.8. The van der Waals surface area contributed by atoms with E-state index in [1.807, 2.05) is 18.2 Å². The quantitative estimate of drug-likeness (QED) is 0.796. The topological polar surface area (TPSA) is 51.0 Å². The number of aromatic nitrogens is 3. The molecule has 6 heteroatoms. The third-order valence-electron chi connectivity index (χ3n) is 2.73. The van der Waals surface area contributed by atoms with Gasteiger partial charge in [-0.15, -0.1) is 11.6 Å². The fraction of sp³-hybridized carbons (Fsp3) is 0.357. The van der Waals surface area contributed by atoms with Gasteiger partial charge < -0.3 is 4.90 Å². The Morgan fingerprint density at radius 1 is 1.45 bits per heavy atom. The first-order chi connectivity index (χ1) is 9.61. The van der Waals surface area contributed by atoms with Crippen molar-refractivity contribution in [3.8, 4) is 5.82 Å². The fourth-order valence-corrected chi connectivity index (χ4v) is 2.00. The Hall–Kier alpha value is -1.88. The lowest BCUT2D eigenvalue weighted by atomic mass is 10.2. The van der Waals surface area contributed by atoms with E-state index in [0.29, 0.717) is 18.3 Å². The summed E-state index contributed by atoms with van der Waals surface area (Å²) in [5.41, 5.74) is 0.731. The number of hydrogen-bond acceptors (Lipinski definition) is 3. The summed E-state index contributed by atoms with van der Waals surface area (Å²) in [6.45, 7) is 4.72. The summed E-state index contributed by atoms with van der Waals surface area (Å²) in [5, 5.41) is 4.25. The molecule has 0 unspecified atom stereocenters. The van der Waals surface area contributed by atoms with Gasteiger partial charge in [-0.3, -0.25) is 4.79 Å². The number of rotatable bonds is 5. The molecule has 5 nitrogen and oxygen atoms in total. The molecule has 0 saturated heterocycles. The molecule has 0 aliphatic rings. The van der Waals surface area contributed by atoms with E-state index in [2.05, 4.69) is 23.9 Å². The average molecular weight is 293 g/mol. The molecule has 2 rings (SSSR count). The minimum Gasteiger partial charge on any atom is -0.308 e. The smallest absolute Gasteiger partial charge is 0.242 e. The molecule has 2 heterocycles. The van der Waals surface area contributed by atoms with Crippen LogP contribution in [0.4, 0.5) is 5.69 Å². The molecule has 2 aromatic heterocycles. The number of nitrogens with zero attached hydrogens (tertiary/aromatic N) is 4. The van der Waals surface area contributed by atoms with Gasteiger partial charge in [-0.05, 0) is 18.1 Å². The van der Waals surface area contributed by atoms with Gasteiger partial charge in [-0.1, -0.05) is 19.9 Å². The standard InChI is InChI=1S/C14H17ClN4O/c1-11(2)9-18(14(20)7-15)12-8-17-19(10-12)13-5-3-4-6-16-13/h3-6,8,10-11H,7,9H2,1-2H3. The molecule has 0 spiro atoms. The van der Waals surface area contributed by atoms with Crippen molar-refractivity contribution in [2.24, 2.45) is 5.92 Å². The van der Waals surface area contributed by atoms with Crippen LogP contribution in [0.2, 0.25) is 0 Å². The van der Waals surface area contributed by atoms with Crippen molar-refractivity contribution in [3.05, 3.63) is 36.8 Å². The van der Waals surface area contributed by atoms with Crippen LogP contribution in [0.3, 0.4) is 0 Å². The molecule has 0 saturated carbocycles. The number of alkyl halides is 1. The van der Waals surface area contributed by atoms with E-state index in [0.717, 1.165) is 5.69 Å². The summed E-state index contributed by atoms with van der Waals surface area (Å²) < 4.78 is 1.64. The SMILES string of the molecule is CC(C)CN(C(=O)CCl)c1cnn(-c2ccccn2)c1. The highest BCUT2D eigenvalue weighted by molar-refractivity contribution is 6.29. The largest absolute Gasteiger partial charge is 0.308 e. The van der Waals surface area contributed by atoms with Crippen LogP contribution in [-0.4, -0.2) is 33.1 Å². The molecule has 2 aromatic rings. The zero-order valence-corrected chi connectivity index (χ0v) is 12.3. The Bertz CT molecular complexity index is 568. The predicted molar refractivity (Wildman–Crippen MR) is 79.3 cm³/mol. The zero-order valence-electron chi connectivity index (χ0n) is 11.5. The summed E-state index contributed by atoms with van der Waals surface area (Å²) in [5.74, 6) is 0.893. The first-order valence-corrected chi connectivity index (χ1v) is 6.97. The van der Waals surface area contributed by atoms with Crippen molar-refractivity contribution >= 4 is 23.2 Å². The van der Waals surface area contributed by atoms with Gasteiger partial charge in [0.2, 0.25) is 5.91 Å². The predicted octanol–water partition coefficient (Wildman–Crippen LogP) is 2.50. The van der Waals surface area contributed by atoms with Crippen LogP contribution in [-0.2, 0) is 4.79 Å². The molecule has 0 aromatic carbocycles. The Kier molecular flexibility index (Phi) is 4.74. The van der Waals surface area contributed by atoms with E-state index in [1.54, 1.807) is 28.2 Å². The van der Waals surface area contributed by atoms with Crippen LogP contribution in [0.1, 0.15) is 13.8 Å². The zero-order chi connectivity index (χ0) is 14.5. The Balaban J connectivity index is 2.27. The average Bonchev–Trinajstić information content (AvgIpc) is 2.94. The second-order valence-corrected chi connectivity index (χ2v) is 5.13. The van der Waals surface area contributed by atoms with E-state index in [4.69, 9.17) is 11.6 Å². The lowest BCUT2D eigenvalue weighted by Gasteiger charge is -2.21. The summed E-state index contributed by atoms with van der Waals surface area (Å²) >= 11 is 5.67. The molecule has 1 amide bonds. The summed E-state index contributed by atoms with van der Waals surface area (Å²) in [6, 6.07) is 5.59. The van der Waals surface area contributed by atoms with Crippen LogP contribution in [0, 0.1) is 5.92 Å². The van der Waals surface area contributed by atoms with Crippen molar-refractivity contribution in [2.75, 3.05) is 17.3 Å². The third kappa shape index (κ3) is 3.36. The minimum atomic E-state index is -0.124. The first kappa shape index (κ1) is 14.5. The monoisotopic (exact) mass is 292 g/mol. The van der Waals surface area contributed by atoms with Crippen LogP contribution in [0.5, 0.6) is 0 Å². The van der Waals surface area contributed by atoms with Gasteiger partial charge in [-0.25, -0.2) is 9.67 Å². The van der Waals surface area contributed by atoms with Crippen molar-refractivity contribution in [1.29, 1.82) is 0 Å². The van der Waals surface area contributed by atoms with Crippen molar-refractivity contribution in [3.63, 3.8) is 0 Å². The highest BCUT2D eigenvalue weighted by Crippen LogP contribution is 2.17. The number of hydrogen-bond donors (Lipinski definition) is 0. The fourth-order valence-electron chi connectivity index (χ4n) is 1.86. The number of pyridine rings is 1. The van der Waals surface area contributed by atoms with E-state index < -0.39 is 0 Å². The van der Waals surface area contributed by atoms with Gasteiger partial charge in [0.25, 0.3) is 0 Å². The molecular formula is C14H17ClN4O. The van der Waals surface area contributed by atoms with Crippen LogP contribution >= 0.6 is 11.6 Å². The molecule has 20 heavy (non-hydrogen) atoms. The second-order valence-electron chi connectivity index (χ2n) is 4.86. The van der Waals surface area contributed by atoms with Crippen LogP contribution in [0.25, 0.3) is 5.82 Å². The number of anilines is 1. The van der Waals surface area contributed by atoms with Gasteiger partial charge in [0.15, 0.2) is 5.82 Å². The molecule has 0 aliphatic heterocycles. The van der Waals surface area contributed by atoms with Crippen LogP contribution < -0.4 is 4.90 Å².